The fourth-order valence-corrected chi connectivity index (χ4v) is 3.55. The molecule has 0 saturated carbocycles. The highest BCUT2D eigenvalue weighted by Crippen LogP contribution is 2.26. The van der Waals surface area contributed by atoms with Gasteiger partial charge in [-0.3, -0.25) is 14.2 Å². The second-order valence-corrected chi connectivity index (χ2v) is 6.50. The number of ether oxygens (including phenoxy) is 1. The molecule has 0 bridgehead atoms. The van der Waals surface area contributed by atoms with E-state index in [0.717, 1.165) is 0 Å². The first-order chi connectivity index (χ1) is 13.1. The van der Waals surface area contributed by atoms with Gasteiger partial charge in [0.25, 0.3) is 0 Å². The van der Waals surface area contributed by atoms with E-state index in [2.05, 4.69) is 19.9 Å². The molecule has 0 N–H and O–H groups in total. The number of methoxy groups -OCH3 is 1. The van der Waals surface area contributed by atoms with Crippen LogP contribution in [0.25, 0.3) is 11.2 Å². The molecule has 0 amide bonds. The van der Waals surface area contributed by atoms with Crippen molar-refractivity contribution in [1.82, 2.24) is 24.1 Å². The van der Waals surface area contributed by atoms with Gasteiger partial charge in [-0.1, -0.05) is 0 Å². The second-order valence-electron chi connectivity index (χ2n) is 6.50. The minimum absolute atomic E-state index is 0.117. The average molecular weight is 368 g/mol. The average Bonchev–Trinajstić information content (AvgIpc) is 2.73. The summed E-state index contributed by atoms with van der Waals surface area (Å²) in [6.07, 6.45) is 4.81. The van der Waals surface area contributed by atoms with E-state index in [9.17, 15) is 9.59 Å². The van der Waals surface area contributed by atoms with E-state index in [1.54, 1.807) is 37.6 Å². The molecule has 9 nitrogen and oxygen atoms in total. The molecule has 27 heavy (non-hydrogen) atoms. The first-order valence-electron chi connectivity index (χ1n) is 8.78. The molecule has 0 atom stereocenters. The number of pyridine rings is 1. The smallest absolute Gasteiger partial charge is 0.318 e. The lowest BCUT2D eigenvalue weighted by atomic mass is 10.0. The number of anilines is 1. The van der Waals surface area contributed by atoms with Crippen LogP contribution in [0.2, 0.25) is 0 Å². The first kappa shape index (κ1) is 17.2. The Morgan fingerprint density at radius 2 is 1.78 bits per heavy atom. The number of nitrogens with zero attached hydrogens (tertiary/aromatic N) is 6. The zero-order chi connectivity index (χ0) is 19.0. The lowest BCUT2D eigenvalue weighted by Crippen LogP contribution is -2.45. The summed E-state index contributed by atoms with van der Waals surface area (Å²) in [4.78, 5) is 40.3. The SMILES string of the molecule is COc1ccc2c(n1)n(C1CCN(c3ncccn3)CC1)c(=O)c(=O)n2C. The van der Waals surface area contributed by atoms with E-state index in [-0.39, 0.29) is 6.04 Å². The fraction of sp³-hybridized carbons (Fsp3) is 0.389. The van der Waals surface area contributed by atoms with Crippen molar-refractivity contribution < 1.29 is 4.74 Å². The van der Waals surface area contributed by atoms with Crippen molar-refractivity contribution in [1.29, 1.82) is 0 Å². The van der Waals surface area contributed by atoms with Gasteiger partial charge in [0.15, 0.2) is 5.65 Å². The van der Waals surface area contributed by atoms with Crippen molar-refractivity contribution in [2.24, 2.45) is 7.05 Å². The van der Waals surface area contributed by atoms with Gasteiger partial charge in [0.1, 0.15) is 0 Å². The molecule has 9 heteroatoms. The third kappa shape index (κ3) is 2.94. The van der Waals surface area contributed by atoms with Crippen molar-refractivity contribution in [3.05, 3.63) is 51.3 Å². The predicted molar refractivity (Wildman–Crippen MR) is 100 cm³/mol. The normalized spacial score (nSPS) is 15.3. The summed E-state index contributed by atoms with van der Waals surface area (Å²) >= 11 is 0. The maximum Gasteiger partial charge on any atom is 0.318 e. The van der Waals surface area contributed by atoms with Gasteiger partial charge in [-0.25, -0.2) is 9.97 Å². The third-order valence-electron chi connectivity index (χ3n) is 5.00. The van der Waals surface area contributed by atoms with Gasteiger partial charge in [0.05, 0.1) is 12.6 Å². The molecular weight excluding hydrogens is 348 g/mol. The van der Waals surface area contributed by atoms with Crippen molar-refractivity contribution in [2.45, 2.75) is 18.9 Å². The Morgan fingerprint density at radius 3 is 2.44 bits per heavy atom. The van der Waals surface area contributed by atoms with Gasteiger partial charge in [0, 0.05) is 44.6 Å². The predicted octanol–water partition coefficient (Wildman–Crippen LogP) is 0.735. The van der Waals surface area contributed by atoms with Gasteiger partial charge in [0.2, 0.25) is 11.8 Å². The maximum atomic E-state index is 12.8. The lowest BCUT2D eigenvalue weighted by Gasteiger charge is -2.33. The lowest BCUT2D eigenvalue weighted by molar-refractivity contribution is 0.382. The first-order valence-corrected chi connectivity index (χ1v) is 8.78. The molecule has 1 fully saturated rings. The molecule has 0 aromatic carbocycles. The number of aryl methyl sites for hydroxylation is 1. The van der Waals surface area contributed by atoms with E-state index in [1.165, 1.54) is 16.2 Å². The van der Waals surface area contributed by atoms with E-state index >= 15 is 0 Å². The summed E-state index contributed by atoms with van der Waals surface area (Å²) in [5.41, 5.74) is -0.0338. The second kappa shape index (κ2) is 6.82. The Bertz CT molecular complexity index is 1080. The number of hydrogen-bond acceptors (Lipinski definition) is 7. The van der Waals surface area contributed by atoms with Crippen LogP contribution >= 0.6 is 0 Å². The van der Waals surface area contributed by atoms with Gasteiger partial charge in [-0.2, -0.15) is 4.98 Å². The Kier molecular flexibility index (Phi) is 4.35. The van der Waals surface area contributed by atoms with Gasteiger partial charge >= 0.3 is 11.1 Å². The highest BCUT2D eigenvalue weighted by molar-refractivity contribution is 5.71. The van der Waals surface area contributed by atoms with Crippen LogP contribution < -0.4 is 20.8 Å². The largest absolute Gasteiger partial charge is 0.481 e. The molecule has 1 saturated heterocycles. The highest BCUT2D eigenvalue weighted by atomic mass is 16.5. The zero-order valence-electron chi connectivity index (χ0n) is 15.2. The molecule has 0 unspecified atom stereocenters. The third-order valence-corrected chi connectivity index (χ3v) is 5.00. The van der Waals surface area contributed by atoms with Gasteiger partial charge < -0.3 is 14.2 Å². The summed E-state index contributed by atoms with van der Waals surface area (Å²) < 4.78 is 8.08. The van der Waals surface area contributed by atoms with E-state index in [4.69, 9.17) is 4.74 Å². The number of fused-ring (bicyclic) bond motifs is 1. The van der Waals surface area contributed by atoms with Crippen LogP contribution in [0.4, 0.5) is 5.95 Å². The molecular formula is C18H20N6O3. The molecule has 140 valence electrons. The van der Waals surface area contributed by atoms with Crippen LogP contribution in [-0.4, -0.2) is 44.3 Å². The Labute approximate surface area is 154 Å². The van der Waals surface area contributed by atoms with Crippen molar-refractivity contribution in [3.8, 4) is 5.88 Å². The fourth-order valence-electron chi connectivity index (χ4n) is 3.55. The van der Waals surface area contributed by atoms with Crippen LogP contribution in [0.5, 0.6) is 5.88 Å². The maximum absolute atomic E-state index is 12.8. The molecule has 4 heterocycles. The van der Waals surface area contributed by atoms with Gasteiger partial charge in [-0.15, -0.1) is 0 Å². The minimum Gasteiger partial charge on any atom is -0.481 e. The molecule has 0 spiro atoms. The van der Waals surface area contributed by atoms with E-state index in [1.807, 2.05) is 0 Å². The molecule has 3 aromatic rings. The van der Waals surface area contributed by atoms with Crippen molar-refractivity contribution in [2.75, 3.05) is 25.1 Å². The Hall–Kier alpha value is -3.23. The van der Waals surface area contributed by atoms with Gasteiger partial charge in [-0.05, 0) is 25.0 Å². The number of rotatable bonds is 3. The van der Waals surface area contributed by atoms with Crippen LogP contribution in [0.15, 0.2) is 40.2 Å². The van der Waals surface area contributed by atoms with Crippen LogP contribution in [-0.2, 0) is 7.05 Å². The molecule has 0 aliphatic carbocycles. The zero-order valence-corrected chi connectivity index (χ0v) is 15.2. The van der Waals surface area contributed by atoms with Crippen LogP contribution in [0, 0.1) is 0 Å². The quantitative estimate of drug-likeness (QED) is 0.629. The van der Waals surface area contributed by atoms with Crippen molar-refractivity contribution >= 4 is 17.1 Å². The van der Waals surface area contributed by atoms with Crippen LogP contribution in [0.3, 0.4) is 0 Å². The Morgan fingerprint density at radius 1 is 1.07 bits per heavy atom. The number of hydrogen-bond donors (Lipinski definition) is 0. The number of aromatic nitrogens is 5. The standard InChI is InChI=1S/C18H20N6O3/c1-22-13-4-5-14(27-2)21-15(13)24(17(26)16(22)25)12-6-10-23(11-7-12)18-19-8-3-9-20-18/h3-5,8-9,12H,6-7,10-11H2,1-2H3. The molecule has 0 radical (unpaired) electrons. The molecule has 1 aliphatic rings. The van der Waals surface area contributed by atoms with Crippen LogP contribution in [0.1, 0.15) is 18.9 Å². The van der Waals surface area contributed by atoms with E-state index < -0.39 is 11.1 Å². The molecule has 3 aromatic heterocycles. The molecule has 4 rings (SSSR count). The summed E-state index contributed by atoms with van der Waals surface area (Å²) in [6, 6.07) is 5.10. The minimum atomic E-state index is -0.555. The summed E-state index contributed by atoms with van der Waals surface area (Å²) in [5.74, 6) is 1.08. The highest BCUT2D eigenvalue weighted by Gasteiger charge is 2.26. The monoisotopic (exact) mass is 368 g/mol. The summed E-state index contributed by atoms with van der Waals surface area (Å²) in [5, 5.41) is 0. The summed E-state index contributed by atoms with van der Waals surface area (Å²) in [6.45, 7) is 1.39. The summed E-state index contributed by atoms with van der Waals surface area (Å²) in [7, 11) is 3.11. The van der Waals surface area contributed by atoms with E-state index in [0.29, 0.717) is 48.9 Å². The number of piperidine rings is 1. The topological polar surface area (TPSA) is 95.1 Å². The Balaban J connectivity index is 1.74. The molecule has 1 aliphatic heterocycles. The van der Waals surface area contributed by atoms with Crippen molar-refractivity contribution in [3.63, 3.8) is 0 Å².